The van der Waals surface area contributed by atoms with Crippen LogP contribution in [0.1, 0.15) is 58.3 Å². The maximum atomic E-state index is 13.5. The van der Waals surface area contributed by atoms with Crippen LogP contribution >= 0.6 is 0 Å². The summed E-state index contributed by atoms with van der Waals surface area (Å²) in [5, 5.41) is 2.78. The summed E-state index contributed by atoms with van der Waals surface area (Å²) in [6.07, 6.45) is 7.92. The van der Waals surface area contributed by atoms with Crippen LogP contribution in [0.5, 0.6) is 0 Å². The van der Waals surface area contributed by atoms with Gasteiger partial charge in [0.05, 0.1) is 18.9 Å². The first kappa shape index (κ1) is 19.2. The number of carbonyl (C=O) groups excluding carboxylic acids is 3. The number of methoxy groups -OCH3 is 1. The van der Waals surface area contributed by atoms with Gasteiger partial charge in [-0.1, -0.05) is 0 Å². The first-order valence-corrected chi connectivity index (χ1v) is 10.0. The molecule has 2 amide bonds. The number of ether oxygens (including phenoxy) is 1. The minimum absolute atomic E-state index is 0.0569. The van der Waals surface area contributed by atoms with E-state index in [1.54, 1.807) is 0 Å². The molecular formula is C20H32N2O4. The molecule has 0 radical (unpaired) electrons. The zero-order valence-electron chi connectivity index (χ0n) is 16.1. The molecule has 4 aliphatic carbocycles. The Kier molecular flexibility index (Phi) is 5.88. The molecule has 4 bridgehead atoms. The van der Waals surface area contributed by atoms with Crippen molar-refractivity contribution in [2.24, 2.45) is 23.2 Å². The lowest BCUT2D eigenvalue weighted by Gasteiger charge is -2.56. The third-order valence-electron chi connectivity index (χ3n) is 6.57. The van der Waals surface area contributed by atoms with Gasteiger partial charge in [-0.05, 0) is 62.7 Å². The SMILES string of the molecule is COC(=O)CCN(CCCNC(C)=O)C(=O)C12CC3CC(CC(C3)C1)C2. The lowest BCUT2D eigenvalue weighted by Crippen LogP contribution is -2.55. The first-order valence-electron chi connectivity index (χ1n) is 10.0. The Hall–Kier alpha value is -1.59. The Morgan fingerprint density at radius 2 is 1.62 bits per heavy atom. The highest BCUT2D eigenvalue weighted by Gasteiger charge is 2.55. The van der Waals surface area contributed by atoms with Gasteiger partial charge in [-0.25, -0.2) is 0 Å². The molecule has 0 unspecified atom stereocenters. The Morgan fingerprint density at radius 3 is 2.12 bits per heavy atom. The standard InChI is InChI=1S/C20H32N2O4/c1-14(23)21-5-3-6-22(7-4-18(24)26-2)19(25)20-11-15-8-16(12-20)10-17(9-15)13-20/h15-17H,3-13H2,1-2H3,(H,21,23). The summed E-state index contributed by atoms with van der Waals surface area (Å²) in [5.41, 5.74) is -0.196. The van der Waals surface area contributed by atoms with Gasteiger partial charge in [0.2, 0.25) is 11.8 Å². The number of esters is 1. The molecule has 26 heavy (non-hydrogen) atoms. The van der Waals surface area contributed by atoms with Gasteiger partial charge in [-0.2, -0.15) is 0 Å². The molecule has 1 N–H and O–H groups in total. The van der Waals surface area contributed by atoms with Crippen molar-refractivity contribution in [3.05, 3.63) is 0 Å². The molecule has 4 fully saturated rings. The van der Waals surface area contributed by atoms with E-state index in [0.717, 1.165) is 19.3 Å². The zero-order chi connectivity index (χ0) is 18.7. The number of hydrogen-bond acceptors (Lipinski definition) is 4. The van der Waals surface area contributed by atoms with E-state index in [1.807, 2.05) is 4.90 Å². The van der Waals surface area contributed by atoms with E-state index in [1.165, 1.54) is 33.3 Å². The van der Waals surface area contributed by atoms with E-state index in [9.17, 15) is 14.4 Å². The maximum Gasteiger partial charge on any atom is 0.307 e. The predicted molar refractivity (Wildman–Crippen MR) is 97.1 cm³/mol. The molecule has 6 nitrogen and oxygen atoms in total. The van der Waals surface area contributed by atoms with Crippen molar-refractivity contribution in [3.8, 4) is 0 Å². The van der Waals surface area contributed by atoms with Crippen molar-refractivity contribution >= 4 is 17.8 Å². The fourth-order valence-corrected chi connectivity index (χ4v) is 5.89. The van der Waals surface area contributed by atoms with Crippen molar-refractivity contribution in [1.29, 1.82) is 0 Å². The normalized spacial score (nSPS) is 31.5. The summed E-state index contributed by atoms with van der Waals surface area (Å²) in [4.78, 5) is 38.0. The number of hydrogen-bond donors (Lipinski definition) is 1. The van der Waals surface area contributed by atoms with Gasteiger partial charge in [0.1, 0.15) is 0 Å². The molecule has 0 heterocycles. The lowest BCUT2D eigenvalue weighted by atomic mass is 9.49. The number of carbonyl (C=O) groups is 3. The number of nitrogens with zero attached hydrogens (tertiary/aromatic N) is 1. The molecule has 4 rings (SSSR count). The minimum atomic E-state index is -0.282. The lowest BCUT2D eigenvalue weighted by molar-refractivity contribution is -0.158. The van der Waals surface area contributed by atoms with Crippen LogP contribution in [-0.2, 0) is 19.1 Å². The highest BCUT2D eigenvalue weighted by molar-refractivity contribution is 5.84. The molecular weight excluding hydrogens is 332 g/mol. The number of rotatable bonds is 8. The Bertz CT molecular complexity index is 525. The second-order valence-corrected chi connectivity index (χ2v) is 8.65. The van der Waals surface area contributed by atoms with Crippen LogP contribution < -0.4 is 5.32 Å². The van der Waals surface area contributed by atoms with E-state index >= 15 is 0 Å². The van der Waals surface area contributed by atoms with Crippen LogP contribution in [0.25, 0.3) is 0 Å². The molecule has 0 aromatic rings. The topological polar surface area (TPSA) is 75.7 Å². The molecule has 0 aromatic carbocycles. The quantitative estimate of drug-likeness (QED) is 0.529. The van der Waals surface area contributed by atoms with E-state index in [4.69, 9.17) is 4.74 Å². The Labute approximate surface area is 156 Å². The smallest absolute Gasteiger partial charge is 0.307 e. The van der Waals surface area contributed by atoms with Crippen molar-refractivity contribution in [2.45, 2.75) is 58.3 Å². The average Bonchev–Trinajstić information content (AvgIpc) is 2.58. The molecule has 0 spiro atoms. The van der Waals surface area contributed by atoms with Gasteiger partial charge in [0.25, 0.3) is 0 Å². The van der Waals surface area contributed by atoms with Crippen molar-refractivity contribution in [1.82, 2.24) is 10.2 Å². The Balaban J connectivity index is 1.65. The molecule has 0 saturated heterocycles. The van der Waals surface area contributed by atoms with Gasteiger partial charge < -0.3 is 15.0 Å². The molecule has 0 atom stereocenters. The predicted octanol–water partition coefficient (Wildman–Crippen LogP) is 2.12. The molecule has 0 aliphatic heterocycles. The van der Waals surface area contributed by atoms with Crippen LogP contribution in [-0.4, -0.2) is 49.4 Å². The van der Waals surface area contributed by atoms with Crippen LogP contribution in [0, 0.1) is 23.2 Å². The number of nitrogens with one attached hydrogen (secondary N) is 1. The zero-order valence-corrected chi connectivity index (χ0v) is 16.1. The summed E-state index contributed by atoms with van der Waals surface area (Å²) >= 11 is 0. The first-order chi connectivity index (χ1) is 12.4. The summed E-state index contributed by atoms with van der Waals surface area (Å²) in [6.45, 7) is 3.04. The van der Waals surface area contributed by atoms with Crippen LogP contribution in [0.2, 0.25) is 0 Å². The van der Waals surface area contributed by atoms with Crippen LogP contribution in [0.15, 0.2) is 0 Å². The van der Waals surface area contributed by atoms with E-state index in [0.29, 0.717) is 43.8 Å². The molecule has 6 heteroatoms. The van der Waals surface area contributed by atoms with Crippen LogP contribution in [0.3, 0.4) is 0 Å². The van der Waals surface area contributed by atoms with E-state index in [-0.39, 0.29) is 29.6 Å². The largest absolute Gasteiger partial charge is 0.469 e. The summed E-state index contributed by atoms with van der Waals surface area (Å²) in [6, 6.07) is 0. The van der Waals surface area contributed by atoms with Gasteiger partial charge in [-0.3, -0.25) is 14.4 Å². The fraction of sp³-hybridized carbons (Fsp3) is 0.850. The van der Waals surface area contributed by atoms with Crippen molar-refractivity contribution in [2.75, 3.05) is 26.7 Å². The average molecular weight is 364 g/mol. The third kappa shape index (κ3) is 4.21. The highest BCUT2D eigenvalue weighted by atomic mass is 16.5. The Morgan fingerprint density at radius 1 is 1.04 bits per heavy atom. The monoisotopic (exact) mass is 364 g/mol. The van der Waals surface area contributed by atoms with E-state index < -0.39 is 0 Å². The third-order valence-corrected chi connectivity index (χ3v) is 6.57. The fourth-order valence-electron chi connectivity index (χ4n) is 5.89. The molecule has 146 valence electrons. The second-order valence-electron chi connectivity index (χ2n) is 8.65. The molecule has 0 aromatic heterocycles. The van der Waals surface area contributed by atoms with Crippen LogP contribution in [0.4, 0.5) is 0 Å². The number of amides is 2. The van der Waals surface area contributed by atoms with Gasteiger partial charge in [0, 0.05) is 26.6 Å². The summed E-state index contributed by atoms with van der Waals surface area (Å²) < 4.78 is 4.75. The van der Waals surface area contributed by atoms with Gasteiger partial charge in [-0.15, -0.1) is 0 Å². The second kappa shape index (κ2) is 7.97. The highest BCUT2D eigenvalue weighted by Crippen LogP contribution is 2.60. The van der Waals surface area contributed by atoms with Gasteiger partial charge >= 0.3 is 5.97 Å². The maximum absolute atomic E-state index is 13.5. The molecule has 4 saturated carbocycles. The van der Waals surface area contributed by atoms with Crippen molar-refractivity contribution < 1.29 is 19.1 Å². The van der Waals surface area contributed by atoms with Gasteiger partial charge in [0.15, 0.2) is 0 Å². The van der Waals surface area contributed by atoms with E-state index in [2.05, 4.69) is 5.32 Å². The minimum Gasteiger partial charge on any atom is -0.469 e. The summed E-state index contributed by atoms with van der Waals surface area (Å²) in [7, 11) is 1.38. The summed E-state index contributed by atoms with van der Waals surface area (Å²) in [5.74, 6) is 2.04. The van der Waals surface area contributed by atoms with Crippen molar-refractivity contribution in [3.63, 3.8) is 0 Å². The molecule has 4 aliphatic rings.